The van der Waals surface area contributed by atoms with Crippen LogP contribution in [-0.2, 0) is 4.79 Å². The quantitative estimate of drug-likeness (QED) is 0.637. The Morgan fingerprint density at radius 1 is 1.23 bits per heavy atom. The predicted molar refractivity (Wildman–Crippen MR) is 84.1 cm³/mol. The van der Waals surface area contributed by atoms with Gasteiger partial charge in [0.1, 0.15) is 10.8 Å². The Morgan fingerprint density at radius 2 is 1.91 bits per heavy atom. The first-order chi connectivity index (χ1) is 10.1. The van der Waals surface area contributed by atoms with E-state index in [4.69, 9.17) is 5.11 Å². The maximum absolute atomic E-state index is 12.7. The van der Waals surface area contributed by atoms with Gasteiger partial charge in [0.25, 0.3) is 0 Å². The molecular formula is C14H12FKN2O3S. The van der Waals surface area contributed by atoms with Gasteiger partial charge in [0.05, 0.1) is 12.1 Å². The van der Waals surface area contributed by atoms with Crippen LogP contribution in [0.15, 0.2) is 47.6 Å². The average Bonchev–Trinajstić information content (AvgIpc) is 2.47. The number of carboxylic acids is 1. The Kier molecular flexibility index (Phi) is 8.22. The van der Waals surface area contributed by atoms with Crippen LogP contribution in [0.4, 0.5) is 10.1 Å². The van der Waals surface area contributed by atoms with Gasteiger partial charge in [0.15, 0.2) is 0 Å². The molecular weight excluding hydrogens is 334 g/mol. The number of halogens is 1. The number of carboxylic acid groups (broad SMARTS) is 1. The topological polar surface area (TPSA) is 79.3 Å². The normalized spacial score (nSPS) is 9.68. The maximum atomic E-state index is 12.7. The molecule has 0 saturated carbocycles. The van der Waals surface area contributed by atoms with E-state index in [1.807, 2.05) is 0 Å². The van der Waals surface area contributed by atoms with E-state index in [2.05, 4.69) is 10.3 Å². The number of thioether (sulfide) groups is 1. The van der Waals surface area contributed by atoms with Crippen molar-refractivity contribution in [3.8, 4) is 0 Å². The van der Waals surface area contributed by atoms with Gasteiger partial charge in [-0.15, -0.1) is 0 Å². The van der Waals surface area contributed by atoms with Crippen molar-refractivity contribution >= 4 is 79.9 Å². The summed E-state index contributed by atoms with van der Waals surface area (Å²) in [5.74, 6) is -1.49. The number of rotatable bonds is 5. The molecule has 0 spiro atoms. The van der Waals surface area contributed by atoms with Crippen LogP contribution in [0.2, 0.25) is 0 Å². The standard InChI is InChI=1S/C14H11FN2O3S.K.H/c15-9-3-5-10(6-4-9)17-8-12(18)21-13-11(14(19)20)2-1-7-16-13;;/h1-7,17H,8H2,(H,19,20);;. The third kappa shape index (κ3) is 5.79. The molecule has 0 saturated heterocycles. The zero-order valence-electron chi connectivity index (χ0n) is 10.7. The molecule has 0 fully saturated rings. The summed E-state index contributed by atoms with van der Waals surface area (Å²) < 4.78 is 12.7. The van der Waals surface area contributed by atoms with Crippen molar-refractivity contribution in [1.82, 2.24) is 4.98 Å². The van der Waals surface area contributed by atoms with Crippen molar-refractivity contribution in [2.45, 2.75) is 5.03 Å². The summed E-state index contributed by atoms with van der Waals surface area (Å²) in [6.45, 7) is -0.0219. The van der Waals surface area contributed by atoms with Gasteiger partial charge in [-0.25, -0.2) is 14.2 Å². The predicted octanol–water partition coefficient (Wildman–Crippen LogP) is 2.00. The SMILES string of the molecule is O=C(CNc1ccc(F)cc1)Sc1ncccc1C(=O)O.[KH]. The molecule has 1 heterocycles. The number of carbonyl (C=O) groups is 2. The van der Waals surface area contributed by atoms with Gasteiger partial charge in [-0.1, -0.05) is 0 Å². The monoisotopic (exact) mass is 346 g/mol. The van der Waals surface area contributed by atoms with Crippen LogP contribution in [-0.4, -0.2) is 79.1 Å². The van der Waals surface area contributed by atoms with Gasteiger partial charge < -0.3 is 10.4 Å². The first-order valence-corrected chi connectivity index (χ1v) is 6.76. The second-order valence-corrected chi connectivity index (χ2v) is 5.04. The molecule has 0 aliphatic rings. The summed E-state index contributed by atoms with van der Waals surface area (Å²) in [6, 6.07) is 8.46. The summed E-state index contributed by atoms with van der Waals surface area (Å²) in [5, 5.41) is 11.7. The third-order valence-electron chi connectivity index (χ3n) is 2.49. The molecule has 1 aromatic carbocycles. The minimum atomic E-state index is -1.13. The molecule has 0 aliphatic heterocycles. The van der Waals surface area contributed by atoms with Crippen LogP contribution in [0.5, 0.6) is 0 Å². The number of hydrogen-bond acceptors (Lipinski definition) is 5. The van der Waals surface area contributed by atoms with Crippen LogP contribution in [0.25, 0.3) is 0 Å². The molecule has 2 rings (SSSR count). The Bertz CT molecular complexity index is 667. The fraction of sp³-hybridized carbons (Fsp3) is 0.0714. The Morgan fingerprint density at radius 3 is 2.55 bits per heavy atom. The molecule has 0 bridgehead atoms. The van der Waals surface area contributed by atoms with Crippen molar-refractivity contribution in [3.05, 3.63) is 54.0 Å². The van der Waals surface area contributed by atoms with Crippen LogP contribution < -0.4 is 5.32 Å². The summed E-state index contributed by atoms with van der Waals surface area (Å²) in [6.07, 6.45) is 1.43. The zero-order chi connectivity index (χ0) is 15.2. The van der Waals surface area contributed by atoms with Gasteiger partial charge in [-0.2, -0.15) is 0 Å². The number of benzene rings is 1. The fourth-order valence-corrected chi connectivity index (χ4v) is 2.26. The molecule has 8 heteroatoms. The van der Waals surface area contributed by atoms with Gasteiger partial charge in [-0.3, -0.25) is 4.79 Å². The van der Waals surface area contributed by atoms with Gasteiger partial charge in [0.2, 0.25) is 5.12 Å². The number of aromatic carboxylic acids is 1. The van der Waals surface area contributed by atoms with Crippen LogP contribution >= 0.6 is 11.8 Å². The number of aromatic nitrogens is 1. The average molecular weight is 346 g/mol. The molecule has 110 valence electrons. The van der Waals surface area contributed by atoms with Crippen molar-refractivity contribution in [2.75, 3.05) is 11.9 Å². The van der Waals surface area contributed by atoms with Crippen molar-refractivity contribution < 1.29 is 19.1 Å². The summed E-state index contributed by atoms with van der Waals surface area (Å²) in [7, 11) is 0. The van der Waals surface area contributed by atoms with E-state index in [0.29, 0.717) is 5.69 Å². The second kappa shape index (κ2) is 9.38. The molecule has 0 amide bonds. The first-order valence-electron chi connectivity index (χ1n) is 5.94. The van der Waals surface area contributed by atoms with E-state index in [0.717, 1.165) is 11.8 Å². The molecule has 1 aromatic heterocycles. The zero-order valence-corrected chi connectivity index (χ0v) is 11.6. The van der Waals surface area contributed by atoms with E-state index in [1.54, 1.807) is 0 Å². The fourth-order valence-electron chi connectivity index (χ4n) is 1.52. The van der Waals surface area contributed by atoms with E-state index in [-0.39, 0.29) is 79.5 Å². The summed E-state index contributed by atoms with van der Waals surface area (Å²) >= 11 is 0.754. The molecule has 0 atom stereocenters. The Hall–Kier alpha value is -0.774. The molecule has 0 unspecified atom stereocenters. The Balaban J connectivity index is 0.00000242. The van der Waals surface area contributed by atoms with Gasteiger partial charge >= 0.3 is 57.4 Å². The second-order valence-electron chi connectivity index (χ2n) is 4.00. The summed E-state index contributed by atoms with van der Waals surface area (Å²) in [4.78, 5) is 26.7. The molecule has 22 heavy (non-hydrogen) atoms. The van der Waals surface area contributed by atoms with E-state index in [1.165, 1.54) is 42.6 Å². The van der Waals surface area contributed by atoms with E-state index in [9.17, 15) is 14.0 Å². The third-order valence-corrected chi connectivity index (χ3v) is 3.38. The summed E-state index contributed by atoms with van der Waals surface area (Å²) in [5.41, 5.74) is 0.586. The Labute approximate surface area is 173 Å². The number of pyridine rings is 1. The van der Waals surface area contributed by atoms with Gasteiger partial charge in [-0.05, 0) is 48.2 Å². The van der Waals surface area contributed by atoms with Crippen LogP contribution in [0.3, 0.4) is 0 Å². The van der Waals surface area contributed by atoms with Crippen LogP contribution in [0, 0.1) is 5.82 Å². The van der Waals surface area contributed by atoms with Crippen LogP contribution in [0.1, 0.15) is 10.4 Å². The number of hydrogen-bond donors (Lipinski definition) is 2. The van der Waals surface area contributed by atoms with Crippen molar-refractivity contribution in [2.24, 2.45) is 0 Å². The minimum absolute atomic E-state index is 0. The molecule has 5 nitrogen and oxygen atoms in total. The number of nitrogens with one attached hydrogen (secondary N) is 1. The van der Waals surface area contributed by atoms with Crippen molar-refractivity contribution in [1.29, 1.82) is 0 Å². The number of anilines is 1. The van der Waals surface area contributed by atoms with E-state index < -0.39 is 5.97 Å². The molecule has 2 N–H and O–H groups in total. The number of carbonyl (C=O) groups excluding carboxylic acids is 1. The first kappa shape index (κ1) is 19.3. The van der Waals surface area contributed by atoms with Gasteiger partial charge in [0, 0.05) is 11.9 Å². The molecule has 0 radical (unpaired) electrons. The number of nitrogens with zero attached hydrogens (tertiary/aromatic N) is 1. The van der Waals surface area contributed by atoms with E-state index >= 15 is 0 Å². The van der Waals surface area contributed by atoms with Crippen molar-refractivity contribution in [3.63, 3.8) is 0 Å². The molecule has 2 aromatic rings. The molecule has 0 aliphatic carbocycles.